The maximum Gasteiger partial charge on any atom is 0.255 e. The van der Waals surface area contributed by atoms with Gasteiger partial charge in [0.25, 0.3) is 5.91 Å². The highest BCUT2D eigenvalue weighted by molar-refractivity contribution is 7.90. The molecule has 7 heteroatoms. The molecular formula is C20H31N3O3S. The number of carbonyl (C=O) groups excluding carboxylic acids is 1. The largest absolute Gasteiger partial charge is 0.612 e. The molecule has 2 aliphatic rings. The summed E-state index contributed by atoms with van der Waals surface area (Å²) >= 11 is -1.26. The highest BCUT2D eigenvalue weighted by Crippen LogP contribution is 2.30. The molecule has 1 saturated heterocycles. The number of hydrogen-bond donors (Lipinski definition) is 2. The quantitative estimate of drug-likeness (QED) is 0.572. The minimum Gasteiger partial charge on any atom is -0.612 e. The van der Waals surface area contributed by atoms with Gasteiger partial charge in [-0.3, -0.25) is 9.69 Å². The highest BCUT2D eigenvalue weighted by atomic mass is 32.2. The number of hydrogen-bond acceptors (Lipinski definition) is 5. The van der Waals surface area contributed by atoms with Crippen LogP contribution in [0.25, 0.3) is 0 Å². The van der Waals surface area contributed by atoms with Gasteiger partial charge in [-0.15, -0.1) is 0 Å². The molecule has 0 spiro atoms. The fraction of sp³-hybridized carbons (Fsp3) is 0.650. The van der Waals surface area contributed by atoms with E-state index in [1.807, 2.05) is 0 Å². The SMILES string of the molecule is COc1cc(N)c([S+](C)[O-])cc1C(=O)NCC1CCCN1C1CCCCC1. The Bertz CT molecular complexity index is 662. The molecule has 0 aromatic heterocycles. The lowest BCUT2D eigenvalue weighted by molar-refractivity contribution is 0.0917. The second-order valence-corrected chi connectivity index (χ2v) is 8.93. The van der Waals surface area contributed by atoms with Crippen LogP contribution in [0.1, 0.15) is 55.3 Å². The fourth-order valence-corrected chi connectivity index (χ4v) is 5.12. The van der Waals surface area contributed by atoms with Crippen molar-refractivity contribution in [3.63, 3.8) is 0 Å². The number of amides is 1. The molecular weight excluding hydrogens is 362 g/mol. The van der Waals surface area contributed by atoms with Crippen molar-refractivity contribution >= 4 is 22.8 Å². The number of methoxy groups -OCH3 is 1. The Morgan fingerprint density at radius 2 is 2.04 bits per heavy atom. The van der Waals surface area contributed by atoms with Crippen LogP contribution in [-0.4, -0.2) is 53.9 Å². The lowest BCUT2D eigenvalue weighted by Gasteiger charge is -2.35. The first-order valence-corrected chi connectivity index (χ1v) is 11.4. The number of nitrogens with two attached hydrogens (primary N) is 1. The maximum absolute atomic E-state index is 12.8. The summed E-state index contributed by atoms with van der Waals surface area (Å²) < 4.78 is 17.2. The predicted molar refractivity (Wildman–Crippen MR) is 109 cm³/mol. The van der Waals surface area contributed by atoms with Crippen LogP contribution in [0.5, 0.6) is 5.75 Å². The number of benzene rings is 1. The van der Waals surface area contributed by atoms with E-state index in [1.165, 1.54) is 45.6 Å². The first kappa shape index (κ1) is 20.3. The van der Waals surface area contributed by atoms with Gasteiger partial charge in [-0.25, -0.2) is 0 Å². The molecule has 1 heterocycles. The monoisotopic (exact) mass is 393 g/mol. The number of ether oxygens (including phenoxy) is 1. The third-order valence-electron chi connectivity index (χ3n) is 5.85. The molecule has 1 aliphatic carbocycles. The normalized spacial score (nSPS) is 22.6. The third-order valence-corrected chi connectivity index (χ3v) is 6.82. The van der Waals surface area contributed by atoms with Gasteiger partial charge < -0.3 is 20.3 Å². The average molecular weight is 394 g/mol. The second-order valence-electron chi connectivity index (χ2n) is 7.58. The smallest absolute Gasteiger partial charge is 0.255 e. The number of nitrogen functional groups attached to an aromatic ring is 1. The van der Waals surface area contributed by atoms with Gasteiger partial charge in [-0.1, -0.05) is 19.3 Å². The Balaban J connectivity index is 1.67. The molecule has 27 heavy (non-hydrogen) atoms. The Morgan fingerprint density at radius 3 is 2.70 bits per heavy atom. The van der Waals surface area contributed by atoms with E-state index in [1.54, 1.807) is 18.4 Å². The summed E-state index contributed by atoms with van der Waals surface area (Å²) in [7, 11) is 1.51. The third kappa shape index (κ3) is 4.70. The summed E-state index contributed by atoms with van der Waals surface area (Å²) in [6.45, 7) is 1.77. The van der Waals surface area contributed by atoms with Gasteiger partial charge in [-0.2, -0.15) is 0 Å². The standard InChI is InChI=1S/C20H31N3O3S/c1-26-18-12-17(21)19(27(2)25)11-16(18)20(24)22-13-15-9-6-10-23(15)14-7-4-3-5-8-14/h11-12,14-15H,3-10,13,21H2,1-2H3,(H,22,24). The minimum atomic E-state index is -1.26. The fourth-order valence-electron chi connectivity index (χ4n) is 4.45. The molecule has 2 unspecified atom stereocenters. The van der Waals surface area contributed by atoms with Crippen molar-refractivity contribution in [2.45, 2.75) is 61.9 Å². The molecule has 0 bridgehead atoms. The van der Waals surface area contributed by atoms with Gasteiger partial charge >= 0.3 is 0 Å². The number of carbonyl (C=O) groups is 1. The summed E-state index contributed by atoms with van der Waals surface area (Å²) in [5, 5.41) is 3.07. The molecule has 150 valence electrons. The van der Waals surface area contributed by atoms with Crippen LogP contribution in [0.2, 0.25) is 0 Å². The lowest BCUT2D eigenvalue weighted by atomic mass is 9.94. The molecule has 0 radical (unpaired) electrons. The van der Waals surface area contributed by atoms with E-state index in [0.29, 0.717) is 40.5 Å². The van der Waals surface area contributed by atoms with Crippen LogP contribution in [-0.2, 0) is 11.2 Å². The van der Waals surface area contributed by atoms with Gasteiger partial charge in [0.05, 0.1) is 18.4 Å². The van der Waals surface area contributed by atoms with Crippen LogP contribution in [0.15, 0.2) is 17.0 Å². The van der Waals surface area contributed by atoms with Crippen LogP contribution in [0.3, 0.4) is 0 Å². The molecule has 2 fully saturated rings. The summed E-state index contributed by atoms with van der Waals surface area (Å²) in [5.74, 6) is 0.212. The molecule has 1 amide bonds. The second kappa shape index (κ2) is 9.17. The molecule has 2 atom stereocenters. The van der Waals surface area contributed by atoms with Crippen LogP contribution >= 0.6 is 0 Å². The summed E-state index contributed by atoms with van der Waals surface area (Å²) in [6.07, 6.45) is 10.4. The van der Waals surface area contributed by atoms with Gasteiger partial charge in [0.1, 0.15) is 12.0 Å². The van der Waals surface area contributed by atoms with Crippen molar-refractivity contribution in [3.05, 3.63) is 17.7 Å². The van der Waals surface area contributed by atoms with Crippen molar-refractivity contribution in [1.29, 1.82) is 0 Å². The van der Waals surface area contributed by atoms with Crippen molar-refractivity contribution in [2.24, 2.45) is 0 Å². The van der Waals surface area contributed by atoms with Crippen molar-refractivity contribution < 1.29 is 14.1 Å². The van der Waals surface area contributed by atoms with E-state index in [0.717, 1.165) is 13.0 Å². The Kier molecular flexibility index (Phi) is 6.89. The minimum absolute atomic E-state index is 0.200. The molecule has 3 N–H and O–H groups in total. The zero-order valence-corrected chi connectivity index (χ0v) is 17.1. The number of nitrogens with zero attached hydrogens (tertiary/aromatic N) is 1. The average Bonchev–Trinajstić information content (AvgIpc) is 3.14. The van der Waals surface area contributed by atoms with Crippen LogP contribution < -0.4 is 15.8 Å². The zero-order chi connectivity index (χ0) is 19.4. The summed E-state index contributed by atoms with van der Waals surface area (Å²) in [6, 6.07) is 4.24. The van der Waals surface area contributed by atoms with Crippen molar-refractivity contribution in [2.75, 3.05) is 32.2 Å². The first-order chi connectivity index (χ1) is 13.0. The van der Waals surface area contributed by atoms with E-state index < -0.39 is 11.2 Å². The van der Waals surface area contributed by atoms with Crippen LogP contribution in [0.4, 0.5) is 5.69 Å². The van der Waals surface area contributed by atoms with Crippen LogP contribution in [0, 0.1) is 0 Å². The summed E-state index contributed by atoms with van der Waals surface area (Å²) in [5.41, 5.74) is 6.70. The van der Waals surface area contributed by atoms with Crippen molar-refractivity contribution in [3.8, 4) is 5.75 Å². The topological polar surface area (TPSA) is 90.6 Å². The van der Waals surface area contributed by atoms with E-state index in [-0.39, 0.29) is 5.91 Å². The number of nitrogens with one attached hydrogen (secondary N) is 1. The number of rotatable bonds is 6. The van der Waals surface area contributed by atoms with E-state index in [2.05, 4.69) is 10.2 Å². The summed E-state index contributed by atoms with van der Waals surface area (Å²) in [4.78, 5) is 15.9. The maximum atomic E-state index is 12.8. The van der Waals surface area contributed by atoms with Gasteiger partial charge in [0.2, 0.25) is 0 Å². The lowest BCUT2D eigenvalue weighted by Crippen LogP contribution is -2.45. The number of likely N-dealkylation sites (tertiary alicyclic amines) is 1. The molecule has 6 nitrogen and oxygen atoms in total. The highest BCUT2D eigenvalue weighted by Gasteiger charge is 2.31. The number of anilines is 1. The van der Waals surface area contributed by atoms with E-state index in [4.69, 9.17) is 10.5 Å². The zero-order valence-electron chi connectivity index (χ0n) is 16.3. The Morgan fingerprint density at radius 1 is 1.30 bits per heavy atom. The van der Waals surface area contributed by atoms with E-state index >= 15 is 0 Å². The predicted octanol–water partition coefficient (Wildman–Crippen LogP) is 2.54. The van der Waals surface area contributed by atoms with Crippen molar-refractivity contribution in [1.82, 2.24) is 10.2 Å². The van der Waals surface area contributed by atoms with Gasteiger partial charge in [-0.05, 0) is 43.4 Å². The Hall–Kier alpha value is -1.44. The molecule has 3 rings (SSSR count). The molecule has 1 aliphatic heterocycles. The molecule has 1 aromatic carbocycles. The van der Waals surface area contributed by atoms with Gasteiger partial charge in [0.15, 0.2) is 4.90 Å². The first-order valence-electron chi connectivity index (χ1n) is 9.86. The molecule has 1 saturated carbocycles. The van der Waals surface area contributed by atoms with Gasteiger partial charge in [0, 0.05) is 30.8 Å². The van der Waals surface area contributed by atoms with E-state index in [9.17, 15) is 9.35 Å². The Labute approximate surface area is 165 Å². The molecule has 1 aromatic rings.